The van der Waals surface area contributed by atoms with Crippen molar-refractivity contribution in [1.29, 1.82) is 0 Å². The van der Waals surface area contributed by atoms with Crippen LogP contribution in [0, 0.1) is 18.7 Å². The molecule has 4 rings (SSSR count). The van der Waals surface area contributed by atoms with Crippen LogP contribution in [-0.2, 0) is 7.05 Å². The van der Waals surface area contributed by atoms with Crippen molar-refractivity contribution in [2.24, 2.45) is 13.0 Å². The SMILES string of the molecule is Cc1cc(-c2cnco2)c(F)cc1Nc1ncc2c(n1)n(C(CCS)CCCC(C)C)c(=O)n2C. The Kier molecular flexibility index (Phi) is 7.59. The number of halogens is 1. The van der Waals surface area contributed by atoms with Crippen molar-refractivity contribution in [2.75, 3.05) is 11.1 Å². The van der Waals surface area contributed by atoms with Gasteiger partial charge in [0.2, 0.25) is 5.95 Å². The Bertz CT molecular complexity index is 1360. The van der Waals surface area contributed by atoms with Crippen LogP contribution in [-0.4, -0.2) is 29.8 Å². The topological polar surface area (TPSA) is 90.8 Å². The van der Waals surface area contributed by atoms with Crippen molar-refractivity contribution in [3.63, 3.8) is 0 Å². The van der Waals surface area contributed by atoms with Crippen molar-refractivity contribution in [3.8, 4) is 11.3 Å². The third kappa shape index (κ3) is 5.27. The second-order valence-electron chi connectivity index (χ2n) is 9.24. The molecule has 3 heterocycles. The highest BCUT2D eigenvalue weighted by atomic mass is 32.1. The first-order valence-electron chi connectivity index (χ1n) is 11.8. The Morgan fingerprint density at radius 2 is 2.00 bits per heavy atom. The Labute approximate surface area is 209 Å². The number of thiol groups is 1. The third-order valence-corrected chi connectivity index (χ3v) is 6.50. The van der Waals surface area contributed by atoms with Crippen LogP contribution in [0.5, 0.6) is 0 Å². The minimum Gasteiger partial charge on any atom is -0.443 e. The number of nitrogens with one attached hydrogen (secondary N) is 1. The van der Waals surface area contributed by atoms with Gasteiger partial charge in [0.1, 0.15) is 11.3 Å². The predicted molar refractivity (Wildman–Crippen MR) is 139 cm³/mol. The van der Waals surface area contributed by atoms with E-state index in [1.165, 1.54) is 18.7 Å². The highest BCUT2D eigenvalue weighted by Gasteiger charge is 2.21. The number of anilines is 2. The lowest BCUT2D eigenvalue weighted by Gasteiger charge is -2.18. The summed E-state index contributed by atoms with van der Waals surface area (Å²) in [5.74, 6) is 1.47. The van der Waals surface area contributed by atoms with Gasteiger partial charge in [0.25, 0.3) is 0 Å². The molecule has 1 unspecified atom stereocenters. The lowest BCUT2D eigenvalue weighted by Crippen LogP contribution is -2.27. The molecule has 4 aromatic rings. The van der Waals surface area contributed by atoms with Gasteiger partial charge in [0.15, 0.2) is 17.8 Å². The predicted octanol–water partition coefficient (Wildman–Crippen LogP) is 5.66. The molecule has 1 atom stereocenters. The van der Waals surface area contributed by atoms with Crippen LogP contribution in [0.4, 0.5) is 16.0 Å². The maximum atomic E-state index is 14.8. The molecular formula is C25H31FN6O2S. The van der Waals surface area contributed by atoms with Gasteiger partial charge in [-0.1, -0.05) is 26.7 Å². The highest BCUT2D eigenvalue weighted by molar-refractivity contribution is 7.80. The molecule has 0 spiro atoms. The van der Waals surface area contributed by atoms with E-state index in [4.69, 9.17) is 4.42 Å². The number of aromatic nitrogens is 5. The van der Waals surface area contributed by atoms with E-state index < -0.39 is 5.82 Å². The molecule has 8 nitrogen and oxygen atoms in total. The quantitative estimate of drug-likeness (QED) is 0.274. The second-order valence-corrected chi connectivity index (χ2v) is 9.69. The Hall–Kier alpha value is -3.14. The molecule has 0 fully saturated rings. The maximum Gasteiger partial charge on any atom is 0.330 e. The van der Waals surface area contributed by atoms with Gasteiger partial charge in [-0.15, -0.1) is 0 Å². The number of oxazole rings is 1. The van der Waals surface area contributed by atoms with E-state index >= 15 is 0 Å². The molecule has 0 amide bonds. The molecule has 186 valence electrons. The van der Waals surface area contributed by atoms with Crippen molar-refractivity contribution in [2.45, 2.75) is 52.5 Å². The molecule has 35 heavy (non-hydrogen) atoms. The number of aryl methyl sites for hydroxylation is 2. The number of hydrogen-bond donors (Lipinski definition) is 2. The largest absolute Gasteiger partial charge is 0.443 e. The van der Waals surface area contributed by atoms with Gasteiger partial charge in [-0.2, -0.15) is 17.6 Å². The van der Waals surface area contributed by atoms with Crippen LogP contribution in [0.25, 0.3) is 22.5 Å². The molecular weight excluding hydrogens is 467 g/mol. The monoisotopic (exact) mass is 498 g/mol. The summed E-state index contributed by atoms with van der Waals surface area (Å²) in [4.78, 5) is 26.1. The minimum absolute atomic E-state index is 0.00873. The summed E-state index contributed by atoms with van der Waals surface area (Å²) in [6.45, 7) is 6.26. The first-order chi connectivity index (χ1) is 16.8. The molecule has 3 aromatic heterocycles. The van der Waals surface area contributed by atoms with E-state index in [0.29, 0.717) is 45.8 Å². The fraction of sp³-hybridized carbons (Fsp3) is 0.440. The first-order valence-corrected chi connectivity index (χ1v) is 12.4. The van der Waals surface area contributed by atoms with E-state index in [9.17, 15) is 9.18 Å². The van der Waals surface area contributed by atoms with E-state index in [1.807, 2.05) is 6.92 Å². The van der Waals surface area contributed by atoms with Crippen LogP contribution < -0.4 is 11.0 Å². The number of nitrogens with zero attached hydrogens (tertiary/aromatic N) is 5. The van der Waals surface area contributed by atoms with Crippen LogP contribution in [0.3, 0.4) is 0 Å². The molecule has 0 aliphatic carbocycles. The zero-order valence-electron chi connectivity index (χ0n) is 20.5. The summed E-state index contributed by atoms with van der Waals surface area (Å²) >= 11 is 4.43. The van der Waals surface area contributed by atoms with Crippen LogP contribution >= 0.6 is 12.6 Å². The molecule has 0 aliphatic rings. The number of hydrogen-bond acceptors (Lipinski definition) is 7. The molecule has 1 aromatic carbocycles. The van der Waals surface area contributed by atoms with Gasteiger partial charge in [-0.3, -0.25) is 9.13 Å². The number of fused-ring (bicyclic) bond motifs is 1. The van der Waals surface area contributed by atoms with Crippen LogP contribution in [0.2, 0.25) is 0 Å². The lowest BCUT2D eigenvalue weighted by molar-refractivity contribution is 0.410. The molecule has 10 heteroatoms. The minimum atomic E-state index is -0.452. The lowest BCUT2D eigenvalue weighted by atomic mass is 10.0. The molecule has 0 saturated carbocycles. The van der Waals surface area contributed by atoms with Crippen LogP contribution in [0.1, 0.15) is 51.1 Å². The van der Waals surface area contributed by atoms with Crippen molar-refractivity contribution >= 4 is 35.4 Å². The Balaban J connectivity index is 1.69. The number of benzene rings is 1. The average Bonchev–Trinajstić information content (AvgIpc) is 3.43. The third-order valence-electron chi connectivity index (χ3n) is 6.24. The summed E-state index contributed by atoms with van der Waals surface area (Å²) in [6.07, 6.45) is 8.12. The maximum absolute atomic E-state index is 14.8. The van der Waals surface area contributed by atoms with Gasteiger partial charge >= 0.3 is 5.69 Å². The van der Waals surface area contributed by atoms with E-state index in [2.05, 4.69) is 46.7 Å². The van der Waals surface area contributed by atoms with Gasteiger partial charge in [0.05, 0.1) is 18.0 Å². The Morgan fingerprint density at radius 3 is 2.69 bits per heavy atom. The van der Waals surface area contributed by atoms with Gasteiger partial charge in [0, 0.05) is 18.8 Å². The molecule has 0 saturated heterocycles. The highest BCUT2D eigenvalue weighted by Crippen LogP contribution is 2.30. The van der Waals surface area contributed by atoms with Crippen LogP contribution in [0.15, 0.2) is 40.1 Å². The fourth-order valence-corrected chi connectivity index (χ4v) is 4.61. The molecule has 0 radical (unpaired) electrons. The smallest absolute Gasteiger partial charge is 0.330 e. The summed E-state index contributed by atoms with van der Waals surface area (Å²) in [6, 6.07) is 3.06. The standard InChI is InChI=1S/C25H31FN6O2S/c1-15(2)6-5-7-17(8-9-35)32-23-21(31(4)25(32)33)12-28-24(30-23)29-20-11-19(26)18(10-16(20)3)22-13-27-14-34-22/h10-15,17,35H,5-9H2,1-4H3,(H,28,29,30). The summed E-state index contributed by atoms with van der Waals surface area (Å²) < 4.78 is 23.4. The normalized spacial score (nSPS) is 12.5. The summed E-state index contributed by atoms with van der Waals surface area (Å²) in [7, 11) is 1.73. The van der Waals surface area contributed by atoms with E-state index in [-0.39, 0.29) is 11.7 Å². The van der Waals surface area contributed by atoms with E-state index in [0.717, 1.165) is 31.2 Å². The zero-order valence-corrected chi connectivity index (χ0v) is 21.3. The van der Waals surface area contributed by atoms with Crippen molar-refractivity contribution in [3.05, 3.63) is 52.8 Å². The number of imidazole rings is 1. The average molecular weight is 499 g/mol. The summed E-state index contributed by atoms with van der Waals surface area (Å²) in [5, 5.41) is 3.11. The molecule has 1 N–H and O–H groups in total. The van der Waals surface area contributed by atoms with Gasteiger partial charge in [-0.25, -0.2) is 19.2 Å². The summed E-state index contributed by atoms with van der Waals surface area (Å²) in [5.41, 5.74) is 2.73. The first kappa shape index (κ1) is 25.0. The Morgan fingerprint density at radius 1 is 1.20 bits per heavy atom. The fourth-order valence-electron chi connectivity index (χ4n) is 4.31. The second kappa shape index (κ2) is 10.6. The van der Waals surface area contributed by atoms with Crippen molar-refractivity contribution in [1.82, 2.24) is 24.1 Å². The van der Waals surface area contributed by atoms with E-state index in [1.54, 1.807) is 28.4 Å². The van der Waals surface area contributed by atoms with Gasteiger partial charge < -0.3 is 9.73 Å². The molecule has 0 aliphatic heterocycles. The van der Waals surface area contributed by atoms with Crippen molar-refractivity contribution < 1.29 is 8.81 Å². The number of rotatable bonds is 10. The zero-order chi connectivity index (χ0) is 25.1. The molecule has 0 bridgehead atoms. The van der Waals surface area contributed by atoms with Gasteiger partial charge in [-0.05, 0) is 49.1 Å².